The van der Waals surface area contributed by atoms with Crippen molar-refractivity contribution in [3.05, 3.63) is 107 Å². The number of rotatable bonds is 7. The number of urea groups is 1. The van der Waals surface area contributed by atoms with Crippen LogP contribution in [0.1, 0.15) is 42.5 Å². The maximum Gasteiger partial charge on any atom is 0.322 e. The molecule has 0 radical (unpaired) electrons. The molecule has 2 heterocycles. The van der Waals surface area contributed by atoms with Gasteiger partial charge < -0.3 is 14.6 Å². The molecule has 7 heteroatoms. The molecule has 0 saturated heterocycles. The van der Waals surface area contributed by atoms with E-state index in [0.29, 0.717) is 24.9 Å². The van der Waals surface area contributed by atoms with Gasteiger partial charge in [-0.15, -0.1) is 0 Å². The maximum atomic E-state index is 13.3. The summed E-state index contributed by atoms with van der Waals surface area (Å²) >= 11 is 0. The van der Waals surface area contributed by atoms with Crippen molar-refractivity contribution in [3.63, 3.8) is 0 Å². The van der Waals surface area contributed by atoms with Crippen LogP contribution in [0.2, 0.25) is 0 Å². The van der Waals surface area contributed by atoms with E-state index in [-0.39, 0.29) is 6.03 Å². The number of hydrogen-bond donors (Lipinski definition) is 1. The van der Waals surface area contributed by atoms with E-state index < -0.39 is 6.04 Å². The van der Waals surface area contributed by atoms with E-state index in [9.17, 15) is 4.79 Å². The molecular weight excluding hydrogens is 452 g/mol. The predicted octanol–water partition coefficient (Wildman–Crippen LogP) is 6.14. The Labute approximate surface area is 210 Å². The monoisotopic (exact) mass is 480 g/mol. The molecule has 1 aliphatic heterocycles. The largest absolute Gasteiger partial charge is 0.494 e. The van der Waals surface area contributed by atoms with E-state index in [2.05, 4.69) is 16.5 Å². The molecule has 4 aromatic rings. The highest BCUT2D eigenvalue weighted by atomic mass is 16.5. The van der Waals surface area contributed by atoms with Gasteiger partial charge in [0, 0.05) is 11.3 Å². The van der Waals surface area contributed by atoms with Crippen LogP contribution in [0, 0.1) is 6.92 Å². The van der Waals surface area contributed by atoms with Crippen molar-refractivity contribution in [2.24, 2.45) is 0 Å². The van der Waals surface area contributed by atoms with Gasteiger partial charge in [0.25, 0.3) is 5.89 Å². The van der Waals surface area contributed by atoms with Crippen LogP contribution in [0.15, 0.2) is 89.1 Å². The number of aromatic nitrogens is 2. The van der Waals surface area contributed by atoms with Crippen molar-refractivity contribution in [1.82, 2.24) is 20.4 Å². The van der Waals surface area contributed by atoms with Crippen LogP contribution in [-0.4, -0.2) is 27.7 Å². The average Bonchev–Trinajstić information content (AvgIpc) is 3.37. The third-order valence-electron chi connectivity index (χ3n) is 6.23. The first-order valence-corrected chi connectivity index (χ1v) is 12.0. The molecule has 0 aliphatic carbocycles. The van der Waals surface area contributed by atoms with E-state index in [1.165, 1.54) is 0 Å². The molecule has 1 atom stereocenters. The summed E-state index contributed by atoms with van der Waals surface area (Å²) in [5.74, 6) is 1.65. The maximum absolute atomic E-state index is 13.3. The van der Waals surface area contributed by atoms with Crippen LogP contribution in [0.4, 0.5) is 4.79 Å². The normalized spacial score (nSPS) is 15.7. The summed E-state index contributed by atoms with van der Waals surface area (Å²) < 4.78 is 11.4. The zero-order valence-corrected chi connectivity index (χ0v) is 20.6. The van der Waals surface area contributed by atoms with Crippen LogP contribution >= 0.6 is 0 Å². The van der Waals surface area contributed by atoms with E-state index in [1.807, 2.05) is 93.6 Å². The molecule has 1 N–H and O–H groups in total. The first-order valence-electron chi connectivity index (χ1n) is 12.0. The van der Waals surface area contributed by atoms with Crippen molar-refractivity contribution in [2.45, 2.75) is 33.4 Å². The quantitative estimate of drug-likeness (QED) is 0.344. The van der Waals surface area contributed by atoms with Gasteiger partial charge in [-0.25, -0.2) is 4.79 Å². The van der Waals surface area contributed by atoms with Gasteiger partial charge in [-0.2, -0.15) is 4.98 Å². The van der Waals surface area contributed by atoms with Crippen molar-refractivity contribution in [1.29, 1.82) is 0 Å². The molecule has 0 fully saturated rings. The summed E-state index contributed by atoms with van der Waals surface area (Å²) in [6.45, 7) is 6.93. The molecule has 182 valence electrons. The predicted molar refractivity (Wildman–Crippen MR) is 138 cm³/mol. The summed E-state index contributed by atoms with van der Waals surface area (Å²) in [4.78, 5) is 19.8. The van der Waals surface area contributed by atoms with Gasteiger partial charge in [-0.3, -0.25) is 4.90 Å². The molecule has 0 bridgehead atoms. The van der Waals surface area contributed by atoms with Gasteiger partial charge in [0.2, 0.25) is 5.82 Å². The van der Waals surface area contributed by atoms with Gasteiger partial charge in [0.05, 0.1) is 24.8 Å². The second-order valence-electron chi connectivity index (χ2n) is 8.75. The smallest absolute Gasteiger partial charge is 0.322 e. The topological polar surface area (TPSA) is 80.5 Å². The van der Waals surface area contributed by atoms with Crippen LogP contribution < -0.4 is 10.1 Å². The lowest BCUT2D eigenvalue weighted by atomic mass is 9.94. The van der Waals surface area contributed by atoms with E-state index >= 15 is 0 Å². The Morgan fingerprint density at radius 1 is 1.00 bits per heavy atom. The van der Waals surface area contributed by atoms with E-state index in [0.717, 1.165) is 39.3 Å². The number of nitrogens with one attached hydrogen (secondary N) is 1. The molecule has 1 aromatic heterocycles. The summed E-state index contributed by atoms with van der Waals surface area (Å²) in [5.41, 5.74) is 5.47. The van der Waals surface area contributed by atoms with Gasteiger partial charge in [0.15, 0.2) is 0 Å². The minimum Gasteiger partial charge on any atom is -0.494 e. The fourth-order valence-electron chi connectivity index (χ4n) is 4.45. The van der Waals surface area contributed by atoms with Gasteiger partial charge in [-0.05, 0) is 44.0 Å². The minimum absolute atomic E-state index is 0.181. The Kier molecular flexibility index (Phi) is 6.54. The van der Waals surface area contributed by atoms with Crippen LogP contribution in [0.3, 0.4) is 0 Å². The number of benzene rings is 3. The summed E-state index contributed by atoms with van der Waals surface area (Å²) in [6.07, 6.45) is 0. The first-order chi connectivity index (χ1) is 17.5. The Hall–Kier alpha value is -4.39. The number of ether oxygens (including phenoxy) is 1. The SMILES string of the molecule is CCOc1ccc(C2NC(=O)N(Cc3cccc(C)c3)C(C)=C2c2nc(-c3ccccc3)no2)cc1. The van der Waals surface area contributed by atoms with Crippen molar-refractivity contribution >= 4 is 11.6 Å². The third kappa shape index (κ3) is 4.73. The van der Waals surface area contributed by atoms with Gasteiger partial charge in [0.1, 0.15) is 5.75 Å². The molecule has 3 aromatic carbocycles. The second-order valence-corrected chi connectivity index (χ2v) is 8.75. The lowest BCUT2D eigenvalue weighted by Crippen LogP contribution is -2.45. The lowest BCUT2D eigenvalue weighted by molar-refractivity contribution is 0.203. The third-order valence-corrected chi connectivity index (χ3v) is 6.23. The van der Waals surface area contributed by atoms with Crippen molar-refractivity contribution in [3.8, 4) is 17.1 Å². The summed E-state index contributed by atoms with van der Waals surface area (Å²) in [7, 11) is 0. The van der Waals surface area contributed by atoms with E-state index in [1.54, 1.807) is 4.90 Å². The number of aryl methyl sites for hydroxylation is 1. The average molecular weight is 481 g/mol. The summed E-state index contributed by atoms with van der Waals surface area (Å²) in [6, 6.07) is 24.9. The zero-order valence-electron chi connectivity index (χ0n) is 20.6. The number of allylic oxidation sites excluding steroid dienone is 1. The second kappa shape index (κ2) is 10.1. The standard InChI is InChI=1S/C29H28N4O3/c1-4-35-24-15-13-22(14-16-24)26-25(28-31-27(32-36-28)23-11-6-5-7-12-23)20(3)33(29(34)30-26)18-21-10-8-9-19(2)17-21/h5-17,26H,4,18H2,1-3H3,(H,30,34). The highest BCUT2D eigenvalue weighted by molar-refractivity contribution is 5.87. The van der Waals surface area contributed by atoms with Crippen LogP contribution in [0.5, 0.6) is 5.75 Å². The highest BCUT2D eigenvalue weighted by Crippen LogP contribution is 2.38. The molecule has 2 amide bonds. The molecule has 5 rings (SSSR count). The van der Waals surface area contributed by atoms with E-state index in [4.69, 9.17) is 14.2 Å². The number of amides is 2. The fourth-order valence-corrected chi connectivity index (χ4v) is 4.45. The molecular formula is C29H28N4O3. The lowest BCUT2D eigenvalue weighted by Gasteiger charge is -2.35. The molecule has 1 unspecified atom stereocenters. The molecule has 7 nitrogen and oxygen atoms in total. The first kappa shape index (κ1) is 23.4. The zero-order chi connectivity index (χ0) is 25.1. The van der Waals surface area contributed by atoms with Crippen LogP contribution in [-0.2, 0) is 6.54 Å². The van der Waals surface area contributed by atoms with Crippen molar-refractivity contribution < 1.29 is 14.1 Å². The Morgan fingerprint density at radius 3 is 2.50 bits per heavy atom. The Morgan fingerprint density at radius 2 is 1.78 bits per heavy atom. The number of hydrogen-bond acceptors (Lipinski definition) is 5. The molecule has 1 aliphatic rings. The molecule has 0 spiro atoms. The number of nitrogens with zero attached hydrogens (tertiary/aromatic N) is 3. The number of carbonyl (C=O) groups excluding carboxylic acids is 1. The Balaban J connectivity index is 1.57. The highest BCUT2D eigenvalue weighted by Gasteiger charge is 2.35. The van der Waals surface area contributed by atoms with Crippen molar-refractivity contribution in [2.75, 3.05) is 6.61 Å². The van der Waals surface area contributed by atoms with Crippen LogP contribution in [0.25, 0.3) is 17.0 Å². The molecule has 36 heavy (non-hydrogen) atoms. The fraction of sp³-hybridized carbons (Fsp3) is 0.207. The van der Waals surface area contributed by atoms with Gasteiger partial charge >= 0.3 is 6.03 Å². The minimum atomic E-state index is -0.453. The number of carbonyl (C=O) groups is 1. The summed E-state index contributed by atoms with van der Waals surface area (Å²) in [5, 5.41) is 7.39. The van der Waals surface area contributed by atoms with Gasteiger partial charge in [-0.1, -0.05) is 77.5 Å². The Bertz CT molecular complexity index is 1390. The molecule has 0 saturated carbocycles.